The maximum Gasteiger partial charge on any atom is 0.323 e. The molecule has 1 atom stereocenters. The molecule has 4 aromatic rings. The number of nitrogens with one attached hydrogen (secondary N) is 3. The molecule has 34 heavy (non-hydrogen) atoms. The molecule has 3 N–H and O–H groups in total. The summed E-state index contributed by atoms with van der Waals surface area (Å²) in [6.07, 6.45) is 6.85. The van der Waals surface area contributed by atoms with Crippen LogP contribution in [0.25, 0.3) is 28.9 Å². The van der Waals surface area contributed by atoms with Crippen LogP contribution in [0.2, 0.25) is 0 Å². The predicted octanol–water partition coefficient (Wildman–Crippen LogP) is 1.77. The van der Waals surface area contributed by atoms with Gasteiger partial charge in [-0.1, -0.05) is 13.5 Å². The van der Waals surface area contributed by atoms with Crippen molar-refractivity contribution < 1.29 is 4.79 Å². The molecule has 2 fully saturated rings. The number of aromatic amines is 2. The summed E-state index contributed by atoms with van der Waals surface area (Å²) < 4.78 is 1.78. The van der Waals surface area contributed by atoms with Crippen molar-refractivity contribution in [2.75, 3.05) is 18.4 Å². The smallest absolute Gasteiger partial charge is 0.323 e. The minimum absolute atomic E-state index is 0.0933. The Labute approximate surface area is 198 Å². The van der Waals surface area contributed by atoms with Crippen molar-refractivity contribution in [3.63, 3.8) is 0 Å². The van der Waals surface area contributed by atoms with E-state index in [1.165, 1.54) is 11.3 Å². The fraction of sp³-hybridized carbons (Fsp3) is 0.333. The zero-order chi connectivity index (χ0) is 23.4. The number of likely N-dealkylation sites (tertiary alicyclic amines) is 1. The van der Waals surface area contributed by atoms with E-state index in [9.17, 15) is 9.59 Å². The summed E-state index contributed by atoms with van der Waals surface area (Å²) in [5, 5.41) is 9.18. The van der Waals surface area contributed by atoms with E-state index in [1.807, 2.05) is 29.2 Å². The number of carbonyl (C=O) groups is 1. The second kappa shape index (κ2) is 7.98. The van der Waals surface area contributed by atoms with Crippen LogP contribution in [0.4, 0.5) is 5.82 Å². The first-order chi connectivity index (χ1) is 16.4. The van der Waals surface area contributed by atoms with Crippen LogP contribution in [0, 0.1) is 5.92 Å². The molecule has 1 saturated carbocycles. The van der Waals surface area contributed by atoms with E-state index >= 15 is 0 Å². The summed E-state index contributed by atoms with van der Waals surface area (Å²) in [4.78, 5) is 38.5. The molecule has 1 amide bonds. The number of imidazole rings is 1. The maximum absolute atomic E-state index is 13.0. The molecule has 0 radical (unpaired) electrons. The lowest BCUT2D eigenvalue weighted by Crippen LogP contribution is -2.27. The Balaban J connectivity index is 1.42. The van der Waals surface area contributed by atoms with Gasteiger partial charge in [-0.15, -0.1) is 11.3 Å². The third-order valence-corrected chi connectivity index (χ3v) is 7.44. The average Bonchev–Trinajstić information content (AvgIpc) is 3.18. The second-order valence-corrected chi connectivity index (χ2v) is 10.3. The summed E-state index contributed by atoms with van der Waals surface area (Å²) in [5.41, 5.74) is 1.90. The molecule has 4 aromatic heterocycles. The number of thiophene rings is 1. The van der Waals surface area contributed by atoms with Gasteiger partial charge in [0.1, 0.15) is 5.82 Å². The number of aromatic nitrogens is 5. The fourth-order valence-electron chi connectivity index (χ4n) is 4.33. The van der Waals surface area contributed by atoms with Gasteiger partial charge in [0.15, 0.2) is 5.65 Å². The van der Waals surface area contributed by atoms with Crippen molar-refractivity contribution in [2.45, 2.75) is 32.2 Å². The molecule has 6 rings (SSSR count). The zero-order valence-electron chi connectivity index (χ0n) is 18.8. The van der Waals surface area contributed by atoms with E-state index in [0.29, 0.717) is 28.3 Å². The maximum atomic E-state index is 13.0. The highest BCUT2D eigenvalue weighted by molar-refractivity contribution is 7.17. The Bertz CT molecular complexity index is 1570. The monoisotopic (exact) mass is 475 g/mol. The molecule has 1 saturated heterocycles. The van der Waals surface area contributed by atoms with Gasteiger partial charge in [-0.25, -0.2) is 9.78 Å². The molecule has 0 spiro atoms. The molecule has 1 unspecified atom stereocenters. The van der Waals surface area contributed by atoms with Gasteiger partial charge >= 0.3 is 5.69 Å². The van der Waals surface area contributed by atoms with Gasteiger partial charge in [0.05, 0.1) is 32.3 Å². The highest BCUT2D eigenvalue weighted by Gasteiger charge is 2.26. The molecule has 9 nitrogen and oxygen atoms in total. The van der Waals surface area contributed by atoms with Gasteiger partial charge in [-0.3, -0.25) is 4.79 Å². The highest BCUT2D eigenvalue weighted by Crippen LogP contribution is 2.33. The lowest BCUT2D eigenvalue weighted by Gasteiger charge is -2.14. The number of nitrogens with zero attached hydrogens (tertiary/aromatic N) is 4. The predicted molar refractivity (Wildman–Crippen MR) is 132 cm³/mol. The van der Waals surface area contributed by atoms with E-state index in [1.54, 1.807) is 10.7 Å². The number of anilines is 1. The first-order valence-corrected chi connectivity index (χ1v) is 12.3. The molecular formula is C24H25N7O2S. The molecule has 1 aliphatic carbocycles. The molecule has 5 heterocycles. The Morgan fingerprint density at radius 1 is 1.29 bits per heavy atom. The Kier molecular flexibility index (Phi) is 4.91. The van der Waals surface area contributed by atoms with Crippen molar-refractivity contribution in [1.29, 1.82) is 0 Å². The van der Waals surface area contributed by atoms with E-state index in [4.69, 9.17) is 4.98 Å². The van der Waals surface area contributed by atoms with E-state index in [-0.39, 0.29) is 11.6 Å². The Hall–Kier alpha value is -3.66. The van der Waals surface area contributed by atoms with Crippen LogP contribution >= 0.6 is 11.3 Å². The van der Waals surface area contributed by atoms with Crippen LogP contribution < -0.4 is 21.7 Å². The Morgan fingerprint density at radius 2 is 2.15 bits per heavy atom. The van der Waals surface area contributed by atoms with Gasteiger partial charge in [0, 0.05) is 30.8 Å². The minimum Gasteiger partial charge on any atom is -0.367 e. The quantitative estimate of drug-likeness (QED) is 0.407. The standard InChI is InChI=1S/C24H25N7O2S/c1-13-7-8-30(12-13)23(32)20-6-5-19(34-20)18-10-21(27-16-3-4-16)31-22(28-18)15(11-25-31)9-17-14(2)26-24(33)29-17/h5-6,9-11,13,16,27H,2-4,7-8,12H2,1H3,(H2,26,29,33)/b17-9-. The number of amides is 1. The number of rotatable bonds is 5. The van der Waals surface area contributed by atoms with Crippen molar-refractivity contribution in [1.82, 2.24) is 29.5 Å². The second-order valence-electron chi connectivity index (χ2n) is 9.21. The van der Waals surface area contributed by atoms with Crippen LogP contribution in [0.5, 0.6) is 0 Å². The summed E-state index contributed by atoms with van der Waals surface area (Å²) in [6, 6.07) is 6.29. The molecular weight excluding hydrogens is 450 g/mol. The lowest BCUT2D eigenvalue weighted by atomic mass is 10.2. The van der Waals surface area contributed by atoms with Crippen LogP contribution in [-0.2, 0) is 0 Å². The Morgan fingerprint density at radius 3 is 2.85 bits per heavy atom. The minimum atomic E-state index is -0.305. The lowest BCUT2D eigenvalue weighted by molar-refractivity contribution is 0.0793. The SMILES string of the molecule is C=c1[nH]c(=O)[nH]/c1=C\c1cnn2c(NC3CC3)cc(-c3ccc(C(=O)N4CCC(C)C4)s3)nc12. The van der Waals surface area contributed by atoms with Crippen molar-refractivity contribution in [2.24, 2.45) is 5.92 Å². The highest BCUT2D eigenvalue weighted by atomic mass is 32.1. The van der Waals surface area contributed by atoms with Crippen molar-refractivity contribution in [3.8, 4) is 10.6 Å². The van der Waals surface area contributed by atoms with E-state index < -0.39 is 0 Å². The normalized spacial score (nSPS) is 18.8. The van der Waals surface area contributed by atoms with Gasteiger partial charge in [0.2, 0.25) is 0 Å². The van der Waals surface area contributed by atoms with E-state index in [0.717, 1.165) is 59.2 Å². The third-order valence-electron chi connectivity index (χ3n) is 6.35. The average molecular weight is 476 g/mol. The molecule has 10 heteroatoms. The molecule has 0 bridgehead atoms. The first kappa shape index (κ1) is 20.9. The number of carbonyl (C=O) groups excluding carboxylic acids is 1. The van der Waals surface area contributed by atoms with Crippen LogP contribution in [0.15, 0.2) is 29.2 Å². The molecule has 2 aliphatic rings. The summed E-state index contributed by atoms with van der Waals surface area (Å²) >= 11 is 1.47. The zero-order valence-corrected chi connectivity index (χ0v) is 19.6. The van der Waals surface area contributed by atoms with Gasteiger partial charge in [0.25, 0.3) is 5.91 Å². The van der Waals surface area contributed by atoms with Crippen LogP contribution in [-0.4, -0.2) is 54.5 Å². The number of fused-ring (bicyclic) bond motifs is 1. The third kappa shape index (κ3) is 3.83. The van der Waals surface area contributed by atoms with Gasteiger partial charge in [-0.05, 0) is 43.4 Å². The number of hydrogen-bond acceptors (Lipinski definition) is 6. The van der Waals surface area contributed by atoms with E-state index in [2.05, 4.69) is 33.9 Å². The van der Waals surface area contributed by atoms with Gasteiger partial charge < -0.3 is 20.2 Å². The first-order valence-electron chi connectivity index (χ1n) is 11.5. The van der Waals surface area contributed by atoms with Crippen molar-refractivity contribution >= 4 is 41.4 Å². The van der Waals surface area contributed by atoms with Crippen molar-refractivity contribution in [3.05, 3.63) is 56.0 Å². The molecule has 174 valence electrons. The van der Waals surface area contributed by atoms with Gasteiger partial charge in [-0.2, -0.15) is 9.61 Å². The van der Waals surface area contributed by atoms with Crippen LogP contribution in [0.3, 0.4) is 0 Å². The molecule has 1 aliphatic heterocycles. The molecule has 0 aromatic carbocycles. The fourth-order valence-corrected chi connectivity index (χ4v) is 5.26. The number of hydrogen-bond donors (Lipinski definition) is 3. The topological polar surface area (TPSA) is 111 Å². The van der Waals surface area contributed by atoms with Crippen LogP contribution in [0.1, 0.15) is 41.4 Å². The summed E-state index contributed by atoms with van der Waals surface area (Å²) in [7, 11) is 0. The largest absolute Gasteiger partial charge is 0.367 e. The number of H-pyrrole nitrogens is 2. The summed E-state index contributed by atoms with van der Waals surface area (Å²) in [6.45, 7) is 7.69. The summed E-state index contributed by atoms with van der Waals surface area (Å²) in [5.74, 6) is 1.50.